The summed E-state index contributed by atoms with van der Waals surface area (Å²) >= 11 is 0. The van der Waals surface area contributed by atoms with Crippen LogP contribution in [0.4, 0.5) is 0 Å². The molecule has 4 heteroatoms. The van der Waals surface area contributed by atoms with E-state index in [-0.39, 0.29) is 5.91 Å². The molecule has 1 aromatic carbocycles. The lowest BCUT2D eigenvalue weighted by molar-refractivity contribution is 0.0537. The molecule has 0 aliphatic heterocycles. The molecule has 0 aliphatic carbocycles. The zero-order valence-corrected chi connectivity index (χ0v) is 15.5. The molecular weight excluding hydrogens is 302 g/mol. The molecule has 0 aliphatic rings. The highest BCUT2D eigenvalue weighted by Gasteiger charge is 2.12. The summed E-state index contributed by atoms with van der Waals surface area (Å²) in [6.07, 6.45) is 10.1. The second kappa shape index (κ2) is 11.7. The Hall–Kier alpha value is -1.81. The lowest BCUT2D eigenvalue weighted by Gasteiger charge is -2.11. The highest BCUT2D eigenvalue weighted by atomic mass is 16.6. The molecule has 0 saturated carbocycles. The molecule has 1 N–H and O–H groups in total. The van der Waals surface area contributed by atoms with Gasteiger partial charge in [0, 0.05) is 5.56 Å². The Bertz CT molecular complexity index is 528. The molecule has 0 heterocycles. The van der Waals surface area contributed by atoms with E-state index >= 15 is 0 Å². The molecule has 0 fully saturated rings. The average Bonchev–Trinajstić information content (AvgIpc) is 2.61. The van der Waals surface area contributed by atoms with Gasteiger partial charge in [-0.05, 0) is 55.9 Å². The standard InChI is InChI=1S/C20H31NO3/c1-5-7-9-16(10-8-6-2)11-12-17-15-18(23-3)13-14-19(17)20(22)21-24-4/h11,13-15H,5-10,12H2,1-4H3,(H,21,22). The predicted molar refractivity (Wildman–Crippen MR) is 98.3 cm³/mol. The Balaban J connectivity index is 2.99. The summed E-state index contributed by atoms with van der Waals surface area (Å²) < 4.78 is 5.30. The van der Waals surface area contributed by atoms with E-state index in [0.717, 1.165) is 30.6 Å². The average molecular weight is 333 g/mol. The molecule has 4 nitrogen and oxygen atoms in total. The Morgan fingerprint density at radius 3 is 2.33 bits per heavy atom. The van der Waals surface area contributed by atoms with Crippen LogP contribution in [0.25, 0.3) is 0 Å². The van der Waals surface area contributed by atoms with Crippen LogP contribution in [0, 0.1) is 0 Å². The summed E-state index contributed by atoms with van der Waals surface area (Å²) in [5, 5.41) is 0. The van der Waals surface area contributed by atoms with Crippen LogP contribution in [-0.4, -0.2) is 20.1 Å². The first kappa shape index (κ1) is 20.2. The van der Waals surface area contributed by atoms with Gasteiger partial charge in [-0.3, -0.25) is 9.63 Å². The lowest BCUT2D eigenvalue weighted by Crippen LogP contribution is -2.23. The summed E-state index contributed by atoms with van der Waals surface area (Å²) in [6, 6.07) is 5.51. The number of methoxy groups -OCH3 is 1. The number of unbranched alkanes of at least 4 members (excludes halogenated alkanes) is 2. The van der Waals surface area contributed by atoms with Crippen molar-refractivity contribution in [2.75, 3.05) is 14.2 Å². The number of hydrogen-bond acceptors (Lipinski definition) is 3. The van der Waals surface area contributed by atoms with Crippen molar-refractivity contribution in [2.45, 2.75) is 58.8 Å². The number of nitrogens with one attached hydrogen (secondary N) is 1. The normalized spacial score (nSPS) is 10.3. The van der Waals surface area contributed by atoms with E-state index in [1.165, 1.54) is 38.4 Å². The number of ether oxygens (including phenoxy) is 1. The van der Waals surface area contributed by atoms with Crippen LogP contribution in [-0.2, 0) is 11.3 Å². The third-order valence-corrected chi connectivity index (χ3v) is 4.07. The maximum atomic E-state index is 12.2. The minimum Gasteiger partial charge on any atom is -0.497 e. The van der Waals surface area contributed by atoms with Gasteiger partial charge in [0.05, 0.1) is 14.2 Å². The van der Waals surface area contributed by atoms with Crippen LogP contribution >= 0.6 is 0 Å². The zero-order valence-electron chi connectivity index (χ0n) is 15.5. The van der Waals surface area contributed by atoms with Gasteiger partial charge in [-0.2, -0.15) is 0 Å². The molecule has 1 amide bonds. The second-order valence-corrected chi connectivity index (χ2v) is 5.93. The molecule has 24 heavy (non-hydrogen) atoms. The lowest BCUT2D eigenvalue weighted by atomic mass is 9.97. The Kier molecular flexibility index (Phi) is 9.85. The first-order chi connectivity index (χ1) is 11.7. The van der Waals surface area contributed by atoms with Gasteiger partial charge in [0.25, 0.3) is 5.91 Å². The van der Waals surface area contributed by atoms with Crippen LogP contribution in [0.3, 0.4) is 0 Å². The highest BCUT2D eigenvalue weighted by molar-refractivity contribution is 5.95. The molecule has 0 saturated heterocycles. The third kappa shape index (κ3) is 6.75. The van der Waals surface area contributed by atoms with E-state index in [4.69, 9.17) is 9.57 Å². The third-order valence-electron chi connectivity index (χ3n) is 4.07. The largest absolute Gasteiger partial charge is 0.497 e. The maximum absolute atomic E-state index is 12.2. The van der Waals surface area contributed by atoms with Gasteiger partial charge >= 0.3 is 0 Å². The van der Waals surface area contributed by atoms with Crippen molar-refractivity contribution in [3.8, 4) is 5.75 Å². The summed E-state index contributed by atoms with van der Waals surface area (Å²) in [5.74, 6) is 0.531. The number of benzene rings is 1. The number of allylic oxidation sites excluding steroid dienone is 2. The van der Waals surface area contributed by atoms with Gasteiger partial charge < -0.3 is 4.74 Å². The molecule has 0 spiro atoms. The van der Waals surface area contributed by atoms with Crippen LogP contribution in [0.5, 0.6) is 5.75 Å². The van der Waals surface area contributed by atoms with Crippen molar-refractivity contribution in [1.29, 1.82) is 0 Å². The fraction of sp³-hybridized carbons (Fsp3) is 0.550. The number of carbonyl (C=O) groups is 1. The van der Waals surface area contributed by atoms with Gasteiger partial charge in [-0.25, -0.2) is 5.48 Å². The number of hydroxylamine groups is 1. The number of amides is 1. The number of carbonyl (C=O) groups excluding carboxylic acids is 1. The van der Waals surface area contributed by atoms with Gasteiger partial charge in [-0.15, -0.1) is 0 Å². The quantitative estimate of drug-likeness (QED) is 0.466. The predicted octanol–water partition coefficient (Wildman–Crippen LogP) is 4.84. The molecule has 0 unspecified atom stereocenters. The molecule has 0 radical (unpaired) electrons. The number of rotatable bonds is 11. The Morgan fingerprint density at radius 1 is 1.12 bits per heavy atom. The molecule has 1 aromatic rings. The Labute approximate surface area is 146 Å². The van der Waals surface area contributed by atoms with Gasteiger partial charge in [0.2, 0.25) is 0 Å². The van der Waals surface area contributed by atoms with Gasteiger partial charge in [-0.1, -0.05) is 38.3 Å². The van der Waals surface area contributed by atoms with Crippen molar-refractivity contribution in [2.24, 2.45) is 0 Å². The first-order valence-electron chi connectivity index (χ1n) is 8.84. The smallest absolute Gasteiger partial charge is 0.275 e. The fourth-order valence-corrected chi connectivity index (χ4v) is 2.63. The SMILES string of the molecule is CCCCC(=CCc1cc(OC)ccc1C(=O)NOC)CCCC. The van der Waals surface area contributed by atoms with Crippen LogP contribution < -0.4 is 10.2 Å². The zero-order chi connectivity index (χ0) is 17.8. The van der Waals surface area contributed by atoms with E-state index in [9.17, 15) is 4.79 Å². The topological polar surface area (TPSA) is 47.6 Å². The monoisotopic (exact) mass is 333 g/mol. The van der Waals surface area contributed by atoms with Crippen LogP contribution in [0.1, 0.15) is 68.3 Å². The van der Waals surface area contributed by atoms with Crippen molar-refractivity contribution in [3.05, 3.63) is 41.0 Å². The second-order valence-electron chi connectivity index (χ2n) is 5.93. The molecule has 1 rings (SSSR count). The summed E-state index contributed by atoms with van der Waals surface area (Å²) in [5.41, 5.74) is 5.46. The van der Waals surface area contributed by atoms with E-state index in [1.54, 1.807) is 19.2 Å². The van der Waals surface area contributed by atoms with Gasteiger partial charge in [0.1, 0.15) is 5.75 Å². The van der Waals surface area contributed by atoms with Crippen LogP contribution in [0.15, 0.2) is 29.8 Å². The van der Waals surface area contributed by atoms with E-state index in [1.807, 2.05) is 6.07 Å². The van der Waals surface area contributed by atoms with Crippen LogP contribution in [0.2, 0.25) is 0 Å². The fourth-order valence-electron chi connectivity index (χ4n) is 2.63. The minimum absolute atomic E-state index is 0.229. The molecule has 0 bridgehead atoms. The number of hydrogen-bond donors (Lipinski definition) is 1. The molecule has 134 valence electrons. The van der Waals surface area contributed by atoms with Gasteiger partial charge in [0.15, 0.2) is 0 Å². The van der Waals surface area contributed by atoms with Crippen molar-refractivity contribution in [3.63, 3.8) is 0 Å². The minimum atomic E-state index is -0.229. The molecular formula is C20H31NO3. The van der Waals surface area contributed by atoms with Crippen molar-refractivity contribution in [1.82, 2.24) is 5.48 Å². The Morgan fingerprint density at radius 2 is 1.79 bits per heavy atom. The summed E-state index contributed by atoms with van der Waals surface area (Å²) in [6.45, 7) is 4.43. The van der Waals surface area contributed by atoms with E-state index in [0.29, 0.717) is 5.56 Å². The maximum Gasteiger partial charge on any atom is 0.275 e. The van der Waals surface area contributed by atoms with Crippen molar-refractivity contribution >= 4 is 5.91 Å². The summed E-state index contributed by atoms with van der Waals surface area (Å²) in [7, 11) is 3.08. The molecule has 0 aromatic heterocycles. The van der Waals surface area contributed by atoms with Crippen molar-refractivity contribution < 1.29 is 14.4 Å². The van der Waals surface area contributed by atoms with E-state index < -0.39 is 0 Å². The van der Waals surface area contributed by atoms with E-state index in [2.05, 4.69) is 25.4 Å². The molecule has 0 atom stereocenters. The summed E-state index contributed by atoms with van der Waals surface area (Å²) in [4.78, 5) is 16.9. The highest BCUT2D eigenvalue weighted by Crippen LogP contribution is 2.21. The first-order valence-corrected chi connectivity index (χ1v) is 8.84.